The van der Waals surface area contributed by atoms with Crippen LogP contribution in [0.3, 0.4) is 0 Å². The normalized spacial score (nSPS) is 12.9. The molecule has 0 bridgehead atoms. The van der Waals surface area contributed by atoms with E-state index in [0.29, 0.717) is 12.2 Å². The van der Waals surface area contributed by atoms with Gasteiger partial charge in [0.2, 0.25) is 0 Å². The van der Waals surface area contributed by atoms with Gasteiger partial charge in [-0.2, -0.15) is 0 Å². The first-order valence-corrected chi connectivity index (χ1v) is 7.82. The number of anilines is 2. The summed E-state index contributed by atoms with van der Waals surface area (Å²) in [5.41, 5.74) is 3.59. The molecule has 1 N–H and O–H groups in total. The quantitative estimate of drug-likeness (QED) is 0.795. The van der Waals surface area contributed by atoms with Gasteiger partial charge in [-0.15, -0.1) is 0 Å². The Morgan fingerprint density at radius 1 is 1.18 bits per heavy atom. The van der Waals surface area contributed by atoms with Gasteiger partial charge in [0, 0.05) is 16.7 Å². The van der Waals surface area contributed by atoms with E-state index in [9.17, 15) is 9.59 Å². The molecule has 0 unspecified atom stereocenters. The van der Waals surface area contributed by atoms with E-state index >= 15 is 0 Å². The summed E-state index contributed by atoms with van der Waals surface area (Å²) in [5, 5.41) is 2.67. The summed E-state index contributed by atoms with van der Waals surface area (Å²) in [6, 6.07) is 13.2. The number of amides is 2. The van der Waals surface area contributed by atoms with Gasteiger partial charge in [-0.05, 0) is 58.6 Å². The van der Waals surface area contributed by atoms with Gasteiger partial charge >= 0.3 is 11.8 Å². The van der Waals surface area contributed by atoms with Crippen LogP contribution >= 0.6 is 15.9 Å². The second-order valence-electron chi connectivity index (χ2n) is 5.27. The van der Waals surface area contributed by atoms with Crippen molar-refractivity contribution in [2.45, 2.75) is 13.3 Å². The van der Waals surface area contributed by atoms with Crippen molar-refractivity contribution in [2.75, 3.05) is 16.8 Å². The van der Waals surface area contributed by atoms with E-state index in [-0.39, 0.29) is 0 Å². The molecule has 2 aromatic rings. The van der Waals surface area contributed by atoms with E-state index in [1.807, 2.05) is 43.3 Å². The SMILES string of the molecule is Cc1ccc(NC(=O)C(=O)N2CCc3ccccc32)c(Br)c1. The molecule has 0 saturated carbocycles. The molecule has 1 heterocycles. The molecule has 0 atom stereocenters. The Bertz CT molecular complexity index is 758. The fourth-order valence-corrected chi connectivity index (χ4v) is 3.16. The van der Waals surface area contributed by atoms with Crippen molar-refractivity contribution in [3.63, 3.8) is 0 Å². The number of para-hydroxylation sites is 1. The van der Waals surface area contributed by atoms with Crippen molar-refractivity contribution in [1.82, 2.24) is 0 Å². The third kappa shape index (κ3) is 2.76. The van der Waals surface area contributed by atoms with Crippen molar-refractivity contribution in [3.05, 3.63) is 58.1 Å². The standard InChI is InChI=1S/C17H15BrN2O2/c1-11-6-7-14(13(18)10-11)19-16(21)17(22)20-9-8-12-4-2-3-5-15(12)20/h2-7,10H,8-9H2,1H3,(H,19,21). The van der Waals surface area contributed by atoms with Crippen molar-refractivity contribution in [2.24, 2.45) is 0 Å². The molecule has 0 fully saturated rings. The molecule has 0 saturated heterocycles. The predicted molar refractivity (Wildman–Crippen MR) is 90.0 cm³/mol. The van der Waals surface area contributed by atoms with Crippen LogP contribution in [-0.2, 0) is 16.0 Å². The summed E-state index contributed by atoms with van der Waals surface area (Å²) in [5.74, 6) is -1.15. The van der Waals surface area contributed by atoms with Gasteiger partial charge < -0.3 is 10.2 Å². The minimum absolute atomic E-state index is 0.530. The zero-order valence-electron chi connectivity index (χ0n) is 12.1. The number of nitrogens with zero attached hydrogens (tertiary/aromatic N) is 1. The number of nitrogens with one attached hydrogen (secondary N) is 1. The van der Waals surface area contributed by atoms with E-state index in [0.717, 1.165) is 27.7 Å². The lowest BCUT2D eigenvalue weighted by Crippen LogP contribution is -2.38. The van der Waals surface area contributed by atoms with E-state index in [2.05, 4.69) is 21.2 Å². The molecular formula is C17H15BrN2O2. The van der Waals surface area contributed by atoms with Crippen LogP contribution < -0.4 is 10.2 Å². The molecule has 1 aliphatic rings. The first kappa shape index (κ1) is 14.8. The molecule has 0 spiro atoms. The first-order chi connectivity index (χ1) is 10.6. The lowest BCUT2D eigenvalue weighted by Gasteiger charge is -2.17. The van der Waals surface area contributed by atoms with Crippen LogP contribution in [0.5, 0.6) is 0 Å². The summed E-state index contributed by atoms with van der Waals surface area (Å²) in [6.07, 6.45) is 0.781. The predicted octanol–water partition coefficient (Wildman–Crippen LogP) is 3.29. The Kier molecular flexibility index (Phi) is 3.98. The van der Waals surface area contributed by atoms with Crippen molar-refractivity contribution in [1.29, 1.82) is 0 Å². The summed E-state index contributed by atoms with van der Waals surface area (Å²) in [6.45, 7) is 2.50. The van der Waals surface area contributed by atoms with Crippen LogP contribution in [0.2, 0.25) is 0 Å². The molecule has 0 aromatic heterocycles. The fraction of sp³-hybridized carbons (Fsp3) is 0.176. The zero-order chi connectivity index (χ0) is 15.7. The second kappa shape index (κ2) is 5.93. The maximum absolute atomic E-state index is 12.4. The summed E-state index contributed by atoms with van der Waals surface area (Å²) in [4.78, 5) is 26.1. The number of hydrogen-bond acceptors (Lipinski definition) is 2. The molecule has 112 valence electrons. The highest BCUT2D eigenvalue weighted by Gasteiger charge is 2.29. The third-order valence-electron chi connectivity index (χ3n) is 3.70. The van der Waals surface area contributed by atoms with Crippen molar-refractivity contribution in [3.8, 4) is 0 Å². The average Bonchev–Trinajstić information content (AvgIpc) is 2.93. The first-order valence-electron chi connectivity index (χ1n) is 7.03. The number of aryl methyl sites for hydroxylation is 1. The molecule has 4 nitrogen and oxygen atoms in total. The fourth-order valence-electron chi connectivity index (χ4n) is 2.57. The van der Waals surface area contributed by atoms with E-state index in [4.69, 9.17) is 0 Å². The summed E-state index contributed by atoms with van der Waals surface area (Å²) >= 11 is 3.39. The molecule has 0 aliphatic carbocycles. The maximum atomic E-state index is 12.4. The van der Waals surface area contributed by atoms with Crippen LogP contribution in [0.25, 0.3) is 0 Å². The van der Waals surface area contributed by atoms with E-state index in [1.165, 1.54) is 4.90 Å². The molecule has 3 rings (SSSR count). The summed E-state index contributed by atoms with van der Waals surface area (Å²) < 4.78 is 0.760. The monoisotopic (exact) mass is 358 g/mol. The number of hydrogen-bond donors (Lipinski definition) is 1. The van der Waals surface area contributed by atoms with Crippen LogP contribution in [-0.4, -0.2) is 18.4 Å². The summed E-state index contributed by atoms with van der Waals surface area (Å²) in [7, 11) is 0. The molecule has 5 heteroatoms. The van der Waals surface area contributed by atoms with Gasteiger partial charge in [-0.1, -0.05) is 24.3 Å². The minimum atomic E-state index is -0.624. The molecule has 1 aliphatic heterocycles. The van der Waals surface area contributed by atoms with Crippen LogP contribution in [0, 0.1) is 6.92 Å². The second-order valence-corrected chi connectivity index (χ2v) is 6.13. The number of benzene rings is 2. The van der Waals surface area contributed by atoms with Crippen molar-refractivity contribution < 1.29 is 9.59 Å². The molecule has 22 heavy (non-hydrogen) atoms. The topological polar surface area (TPSA) is 49.4 Å². The van der Waals surface area contributed by atoms with Gasteiger partial charge in [-0.3, -0.25) is 9.59 Å². The smallest absolute Gasteiger partial charge is 0.316 e. The molecule has 0 radical (unpaired) electrons. The Hall–Kier alpha value is -2.14. The number of rotatable bonds is 1. The third-order valence-corrected chi connectivity index (χ3v) is 4.36. The van der Waals surface area contributed by atoms with E-state index < -0.39 is 11.8 Å². The molecular weight excluding hydrogens is 344 g/mol. The van der Waals surface area contributed by atoms with Gasteiger partial charge in [0.1, 0.15) is 0 Å². The van der Waals surface area contributed by atoms with Crippen LogP contribution in [0.1, 0.15) is 11.1 Å². The molecule has 2 aromatic carbocycles. The average molecular weight is 359 g/mol. The number of halogens is 1. The highest BCUT2D eigenvalue weighted by Crippen LogP contribution is 2.28. The Morgan fingerprint density at radius 2 is 1.95 bits per heavy atom. The zero-order valence-corrected chi connectivity index (χ0v) is 13.7. The lowest BCUT2D eigenvalue weighted by atomic mass is 10.2. The number of carbonyl (C=O) groups is 2. The molecule has 2 amide bonds. The van der Waals surface area contributed by atoms with Crippen LogP contribution in [0.15, 0.2) is 46.9 Å². The van der Waals surface area contributed by atoms with Crippen LogP contribution in [0.4, 0.5) is 11.4 Å². The number of carbonyl (C=O) groups excluding carboxylic acids is 2. The maximum Gasteiger partial charge on any atom is 0.316 e. The lowest BCUT2D eigenvalue weighted by molar-refractivity contribution is -0.134. The Labute approximate surface area is 137 Å². The Morgan fingerprint density at radius 3 is 2.73 bits per heavy atom. The van der Waals surface area contributed by atoms with Crippen molar-refractivity contribution >= 4 is 39.1 Å². The number of fused-ring (bicyclic) bond motifs is 1. The van der Waals surface area contributed by atoms with Gasteiger partial charge in [0.25, 0.3) is 0 Å². The highest BCUT2D eigenvalue weighted by atomic mass is 79.9. The Balaban J connectivity index is 1.77. The van der Waals surface area contributed by atoms with Gasteiger partial charge in [0.05, 0.1) is 5.69 Å². The van der Waals surface area contributed by atoms with E-state index in [1.54, 1.807) is 6.07 Å². The van der Waals surface area contributed by atoms with Gasteiger partial charge in [-0.25, -0.2) is 0 Å². The van der Waals surface area contributed by atoms with Gasteiger partial charge in [0.15, 0.2) is 0 Å². The highest BCUT2D eigenvalue weighted by molar-refractivity contribution is 9.10. The minimum Gasteiger partial charge on any atom is -0.317 e. The largest absolute Gasteiger partial charge is 0.317 e.